The van der Waals surface area contributed by atoms with Gasteiger partial charge >= 0.3 is 5.97 Å². The molecule has 0 unspecified atom stereocenters. The van der Waals surface area contributed by atoms with Crippen molar-refractivity contribution in [2.45, 2.75) is 45.1 Å². The van der Waals surface area contributed by atoms with Gasteiger partial charge in [0.1, 0.15) is 4.88 Å². The van der Waals surface area contributed by atoms with Crippen LogP contribution in [0.1, 0.15) is 46.8 Å². The van der Waals surface area contributed by atoms with Gasteiger partial charge in [-0.25, -0.2) is 9.78 Å². The van der Waals surface area contributed by atoms with Crippen LogP contribution in [-0.4, -0.2) is 30.3 Å². The smallest absolute Gasteiger partial charge is 0.349 e. The molecule has 0 aromatic carbocycles. The predicted molar refractivity (Wildman–Crippen MR) is 70.0 cm³/mol. The Morgan fingerprint density at radius 3 is 2.89 bits per heavy atom. The summed E-state index contributed by atoms with van der Waals surface area (Å²) in [6, 6.07) is 0. The van der Waals surface area contributed by atoms with Gasteiger partial charge in [-0.05, 0) is 19.8 Å². The molecular formula is C13H19NO3S. The molecule has 1 saturated carbocycles. The van der Waals surface area contributed by atoms with Crippen LogP contribution in [0.4, 0.5) is 0 Å². The second kappa shape index (κ2) is 6.85. The first kappa shape index (κ1) is 13.5. The highest BCUT2D eigenvalue weighted by molar-refractivity contribution is 7.13. The number of carbonyl (C=O) groups is 1. The minimum Gasteiger partial charge on any atom is -0.461 e. The van der Waals surface area contributed by atoms with Gasteiger partial charge in [-0.3, -0.25) is 0 Å². The molecule has 0 aliphatic heterocycles. The first-order valence-corrected chi connectivity index (χ1v) is 7.28. The Morgan fingerprint density at radius 2 is 2.22 bits per heavy atom. The molecule has 4 nitrogen and oxygen atoms in total. The van der Waals surface area contributed by atoms with Gasteiger partial charge in [0.2, 0.25) is 0 Å². The van der Waals surface area contributed by atoms with E-state index in [1.54, 1.807) is 6.20 Å². The highest BCUT2D eigenvalue weighted by Gasteiger charge is 2.15. The van der Waals surface area contributed by atoms with Crippen LogP contribution in [0.5, 0.6) is 0 Å². The second-order valence-corrected chi connectivity index (χ2v) is 5.75. The van der Waals surface area contributed by atoms with E-state index in [1.807, 2.05) is 6.92 Å². The number of rotatable bonds is 6. The summed E-state index contributed by atoms with van der Waals surface area (Å²) in [6.45, 7) is 2.97. The highest BCUT2D eigenvalue weighted by atomic mass is 32.1. The molecule has 1 fully saturated rings. The van der Waals surface area contributed by atoms with Crippen LogP contribution in [0.3, 0.4) is 0 Å². The summed E-state index contributed by atoms with van der Waals surface area (Å²) in [7, 11) is 0. The Morgan fingerprint density at radius 1 is 1.44 bits per heavy atom. The molecule has 5 heteroatoms. The third-order valence-corrected chi connectivity index (χ3v) is 3.89. The summed E-state index contributed by atoms with van der Waals surface area (Å²) in [6.07, 6.45) is 7.69. The number of ether oxygens (including phenoxy) is 2. The number of thiazole rings is 1. The van der Waals surface area contributed by atoms with Crippen LogP contribution in [0.15, 0.2) is 6.20 Å². The zero-order valence-corrected chi connectivity index (χ0v) is 11.5. The predicted octanol–water partition coefficient (Wildman–Crippen LogP) is 2.96. The van der Waals surface area contributed by atoms with Crippen molar-refractivity contribution in [2.75, 3.05) is 13.2 Å². The maximum absolute atomic E-state index is 11.6. The molecule has 1 aliphatic rings. The molecule has 18 heavy (non-hydrogen) atoms. The van der Waals surface area contributed by atoms with Crippen molar-refractivity contribution in [3.63, 3.8) is 0 Å². The van der Waals surface area contributed by atoms with E-state index in [1.165, 1.54) is 37.0 Å². The van der Waals surface area contributed by atoms with E-state index in [0.717, 1.165) is 11.4 Å². The standard InChI is InChI=1S/C13H19NO3S/c1-10-14-9-12(18-10)13(15)17-8-4-7-16-11-5-2-3-6-11/h9,11H,2-8H2,1H3. The maximum atomic E-state index is 11.6. The fraction of sp³-hybridized carbons (Fsp3) is 0.692. The Bertz CT molecular complexity index is 385. The average molecular weight is 269 g/mol. The summed E-state index contributed by atoms with van der Waals surface area (Å²) in [4.78, 5) is 16.2. The van der Waals surface area contributed by atoms with Crippen molar-refractivity contribution in [3.05, 3.63) is 16.1 Å². The highest BCUT2D eigenvalue weighted by Crippen LogP contribution is 2.20. The van der Waals surface area contributed by atoms with Crippen molar-refractivity contribution in [2.24, 2.45) is 0 Å². The van der Waals surface area contributed by atoms with Gasteiger partial charge in [0.25, 0.3) is 0 Å². The van der Waals surface area contributed by atoms with Crippen LogP contribution in [0.2, 0.25) is 0 Å². The number of hydrogen-bond donors (Lipinski definition) is 0. The van der Waals surface area contributed by atoms with Gasteiger partial charge in [-0.1, -0.05) is 12.8 Å². The molecular weight excluding hydrogens is 250 g/mol. The molecule has 0 spiro atoms. The lowest BCUT2D eigenvalue weighted by molar-refractivity contribution is 0.0315. The molecule has 0 saturated heterocycles. The van der Waals surface area contributed by atoms with E-state index in [9.17, 15) is 4.79 Å². The van der Waals surface area contributed by atoms with Crippen molar-refractivity contribution in [1.29, 1.82) is 0 Å². The van der Waals surface area contributed by atoms with Crippen molar-refractivity contribution >= 4 is 17.3 Å². The number of carbonyl (C=O) groups excluding carboxylic acids is 1. The SMILES string of the molecule is Cc1ncc(C(=O)OCCCOC2CCCC2)s1. The van der Waals surface area contributed by atoms with Gasteiger partial charge in [0, 0.05) is 6.42 Å². The number of aryl methyl sites for hydroxylation is 1. The average Bonchev–Trinajstić information content (AvgIpc) is 2.99. The number of hydrogen-bond acceptors (Lipinski definition) is 5. The molecule has 1 aromatic rings. The zero-order chi connectivity index (χ0) is 12.8. The molecule has 0 amide bonds. The maximum Gasteiger partial charge on any atom is 0.349 e. The van der Waals surface area contributed by atoms with Crippen molar-refractivity contribution in [3.8, 4) is 0 Å². The molecule has 0 N–H and O–H groups in total. The van der Waals surface area contributed by atoms with E-state index in [2.05, 4.69) is 4.98 Å². The largest absolute Gasteiger partial charge is 0.461 e. The summed E-state index contributed by atoms with van der Waals surface area (Å²) >= 11 is 1.36. The van der Waals surface area contributed by atoms with E-state index >= 15 is 0 Å². The van der Waals surface area contributed by atoms with E-state index in [-0.39, 0.29) is 5.97 Å². The fourth-order valence-corrected chi connectivity index (χ4v) is 2.73. The third kappa shape index (κ3) is 4.07. The Kier molecular flexibility index (Phi) is 5.13. The van der Waals surface area contributed by atoms with Gasteiger partial charge in [0.15, 0.2) is 0 Å². The van der Waals surface area contributed by atoms with Crippen LogP contribution >= 0.6 is 11.3 Å². The van der Waals surface area contributed by atoms with Crippen LogP contribution in [0, 0.1) is 6.92 Å². The molecule has 0 radical (unpaired) electrons. The van der Waals surface area contributed by atoms with Crippen LogP contribution in [0.25, 0.3) is 0 Å². The molecule has 1 aromatic heterocycles. The molecule has 0 atom stereocenters. The monoisotopic (exact) mass is 269 g/mol. The van der Waals surface area contributed by atoms with E-state index in [0.29, 0.717) is 24.2 Å². The van der Waals surface area contributed by atoms with Crippen LogP contribution < -0.4 is 0 Å². The van der Waals surface area contributed by atoms with Crippen molar-refractivity contribution < 1.29 is 14.3 Å². The summed E-state index contributed by atoms with van der Waals surface area (Å²) in [5.41, 5.74) is 0. The Balaban J connectivity index is 1.56. The molecule has 0 bridgehead atoms. The minimum atomic E-state index is -0.276. The number of aromatic nitrogens is 1. The van der Waals surface area contributed by atoms with E-state index < -0.39 is 0 Å². The lowest BCUT2D eigenvalue weighted by atomic mass is 10.3. The van der Waals surface area contributed by atoms with Gasteiger partial charge < -0.3 is 9.47 Å². The lowest BCUT2D eigenvalue weighted by Crippen LogP contribution is -2.11. The molecule has 1 heterocycles. The van der Waals surface area contributed by atoms with Gasteiger partial charge in [-0.2, -0.15) is 0 Å². The van der Waals surface area contributed by atoms with Gasteiger partial charge in [-0.15, -0.1) is 11.3 Å². The second-order valence-electron chi connectivity index (χ2n) is 4.51. The zero-order valence-electron chi connectivity index (χ0n) is 10.7. The van der Waals surface area contributed by atoms with E-state index in [4.69, 9.17) is 9.47 Å². The number of esters is 1. The fourth-order valence-electron chi connectivity index (χ4n) is 2.06. The molecule has 2 rings (SSSR count). The molecule has 100 valence electrons. The third-order valence-electron chi connectivity index (χ3n) is 3.00. The molecule has 1 aliphatic carbocycles. The summed E-state index contributed by atoms with van der Waals surface area (Å²) < 4.78 is 10.9. The lowest BCUT2D eigenvalue weighted by Gasteiger charge is -2.10. The Hall–Kier alpha value is -0.940. The quantitative estimate of drug-likeness (QED) is 0.588. The Labute approximate surface area is 111 Å². The number of nitrogens with zero attached hydrogens (tertiary/aromatic N) is 1. The minimum absolute atomic E-state index is 0.276. The summed E-state index contributed by atoms with van der Waals surface area (Å²) in [5.74, 6) is -0.276. The first-order valence-electron chi connectivity index (χ1n) is 6.47. The van der Waals surface area contributed by atoms with Crippen LogP contribution in [-0.2, 0) is 9.47 Å². The van der Waals surface area contributed by atoms with Gasteiger partial charge in [0.05, 0.1) is 30.5 Å². The summed E-state index contributed by atoms with van der Waals surface area (Å²) in [5, 5.41) is 0.881. The topological polar surface area (TPSA) is 48.4 Å². The van der Waals surface area contributed by atoms with Crippen molar-refractivity contribution in [1.82, 2.24) is 4.98 Å². The first-order chi connectivity index (χ1) is 8.75. The normalized spacial score (nSPS) is 16.1.